The summed E-state index contributed by atoms with van der Waals surface area (Å²) in [4.78, 5) is 18.3. The number of alkyl halides is 2. The molecule has 6 nitrogen and oxygen atoms in total. The second kappa shape index (κ2) is 13.9. The molecule has 0 amide bonds. The van der Waals surface area contributed by atoms with E-state index in [0.29, 0.717) is 19.6 Å². The summed E-state index contributed by atoms with van der Waals surface area (Å²) in [5.41, 5.74) is 0.970. The quantitative estimate of drug-likeness (QED) is 0.217. The molecule has 166 valence electrons. The fourth-order valence-corrected chi connectivity index (χ4v) is 2.82. The summed E-state index contributed by atoms with van der Waals surface area (Å²) in [7, 11) is 1.93. The van der Waals surface area contributed by atoms with Crippen molar-refractivity contribution < 1.29 is 13.5 Å². The van der Waals surface area contributed by atoms with E-state index in [1.54, 1.807) is 35.0 Å². The number of aryl methyl sites for hydroxylation is 1. The minimum Gasteiger partial charge on any atom is -0.435 e. The molecule has 30 heavy (non-hydrogen) atoms. The number of nitrogens with zero attached hydrogens (tertiary/aromatic N) is 3. The molecule has 0 radical (unpaired) electrons. The fourth-order valence-electron chi connectivity index (χ4n) is 2.82. The van der Waals surface area contributed by atoms with Crippen LogP contribution in [0.3, 0.4) is 0 Å². The van der Waals surface area contributed by atoms with Crippen LogP contribution in [-0.2, 0) is 13.1 Å². The SMILES string of the molecule is CCNC(=NCCCCn1ccccc1=O)N(C)Cc1ccc(OC(F)F)cc1.I. The average Bonchev–Trinajstić information content (AvgIpc) is 2.69. The van der Waals surface area contributed by atoms with E-state index in [2.05, 4.69) is 15.0 Å². The molecular weight excluding hydrogens is 505 g/mol. The Bertz CT molecular complexity index is 828. The summed E-state index contributed by atoms with van der Waals surface area (Å²) in [6.07, 6.45) is 3.52. The van der Waals surface area contributed by atoms with Crippen molar-refractivity contribution in [3.63, 3.8) is 0 Å². The van der Waals surface area contributed by atoms with Gasteiger partial charge in [-0.3, -0.25) is 9.79 Å². The van der Waals surface area contributed by atoms with Crippen molar-refractivity contribution in [2.45, 2.75) is 39.5 Å². The normalized spacial score (nSPS) is 11.2. The second-order valence-electron chi connectivity index (χ2n) is 6.55. The zero-order valence-corrected chi connectivity index (χ0v) is 19.6. The minimum absolute atomic E-state index is 0. The van der Waals surface area contributed by atoms with E-state index in [9.17, 15) is 13.6 Å². The molecule has 0 unspecified atom stereocenters. The predicted molar refractivity (Wildman–Crippen MR) is 126 cm³/mol. The molecule has 1 aromatic heterocycles. The number of benzene rings is 1. The summed E-state index contributed by atoms with van der Waals surface area (Å²) in [6.45, 7) is 1.83. The Kier molecular flexibility index (Phi) is 12.0. The number of hydrogen-bond donors (Lipinski definition) is 1. The molecule has 0 fully saturated rings. The number of nitrogens with one attached hydrogen (secondary N) is 1. The molecule has 1 heterocycles. The third-order valence-electron chi connectivity index (χ3n) is 4.23. The van der Waals surface area contributed by atoms with E-state index in [1.165, 1.54) is 12.1 Å². The van der Waals surface area contributed by atoms with E-state index in [-0.39, 0.29) is 35.3 Å². The molecular formula is C21H29F2IN4O2. The van der Waals surface area contributed by atoms with E-state index in [0.717, 1.165) is 30.9 Å². The Morgan fingerprint density at radius 1 is 1.20 bits per heavy atom. The molecule has 9 heteroatoms. The molecule has 2 aromatic rings. The number of hydrogen-bond acceptors (Lipinski definition) is 3. The topological polar surface area (TPSA) is 58.9 Å². The van der Waals surface area contributed by atoms with Crippen molar-refractivity contribution in [1.82, 2.24) is 14.8 Å². The Morgan fingerprint density at radius 2 is 1.93 bits per heavy atom. The number of unbranched alkanes of at least 4 members (excludes halogenated alkanes) is 1. The smallest absolute Gasteiger partial charge is 0.387 e. The minimum atomic E-state index is -2.82. The van der Waals surface area contributed by atoms with Crippen molar-refractivity contribution in [1.29, 1.82) is 0 Å². The van der Waals surface area contributed by atoms with Crippen LogP contribution in [0.5, 0.6) is 5.75 Å². The zero-order chi connectivity index (χ0) is 21.1. The van der Waals surface area contributed by atoms with Crippen LogP contribution in [0.25, 0.3) is 0 Å². The fraction of sp³-hybridized carbons (Fsp3) is 0.429. The number of guanidine groups is 1. The third kappa shape index (κ3) is 9.10. The van der Waals surface area contributed by atoms with Crippen LogP contribution in [0, 0.1) is 0 Å². The highest BCUT2D eigenvalue weighted by atomic mass is 127. The lowest BCUT2D eigenvalue weighted by atomic mass is 10.2. The Morgan fingerprint density at radius 3 is 2.57 bits per heavy atom. The van der Waals surface area contributed by atoms with Crippen molar-refractivity contribution in [2.75, 3.05) is 20.1 Å². The maximum atomic E-state index is 12.2. The first kappa shape index (κ1) is 25.9. The number of aromatic nitrogens is 1. The number of aliphatic imine (C=N–C) groups is 1. The molecule has 0 aliphatic rings. The van der Waals surface area contributed by atoms with Gasteiger partial charge < -0.3 is 19.5 Å². The molecule has 0 saturated carbocycles. The Hall–Kier alpha value is -2.17. The van der Waals surface area contributed by atoms with Crippen LogP contribution >= 0.6 is 24.0 Å². The first-order valence-corrected chi connectivity index (χ1v) is 9.68. The molecule has 0 aliphatic carbocycles. The molecule has 0 saturated heterocycles. The summed E-state index contributed by atoms with van der Waals surface area (Å²) >= 11 is 0. The largest absolute Gasteiger partial charge is 0.435 e. The van der Waals surface area contributed by atoms with E-state index in [4.69, 9.17) is 0 Å². The van der Waals surface area contributed by atoms with E-state index < -0.39 is 6.61 Å². The van der Waals surface area contributed by atoms with E-state index in [1.807, 2.05) is 24.9 Å². The van der Waals surface area contributed by atoms with Gasteiger partial charge >= 0.3 is 6.61 Å². The van der Waals surface area contributed by atoms with Crippen LogP contribution in [0.4, 0.5) is 8.78 Å². The van der Waals surface area contributed by atoms with Crippen molar-refractivity contribution in [2.24, 2.45) is 4.99 Å². The highest BCUT2D eigenvalue weighted by molar-refractivity contribution is 14.0. The molecule has 0 aliphatic heterocycles. The van der Waals surface area contributed by atoms with Gasteiger partial charge in [-0.25, -0.2) is 0 Å². The lowest BCUT2D eigenvalue weighted by Gasteiger charge is -2.22. The van der Waals surface area contributed by atoms with Crippen LogP contribution in [-0.4, -0.2) is 42.2 Å². The van der Waals surface area contributed by atoms with Gasteiger partial charge in [0.2, 0.25) is 5.56 Å². The summed E-state index contributed by atoms with van der Waals surface area (Å²) < 4.78 is 30.5. The van der Waals surface area contributed by atoms with Crippen molar-refractivity contribution >= 4 is 29.9 Å². The van der Waals surface area contributed by atoms with Gasteiger partial charge in [-0.2, -0.15) is 8.78 Å². The predicted octanol–water partition coefficient (Wildman–Crippen LogP) is 3.95. The standard InChI is InChI=1S/C21H28F2N4O2.HI/c1-3-24-21(25-13-5-7-15-27-14-6-4-8-19(27)28)26(2)16-17-9-11-18(12-10-17)29-20(22)23;/h4,6,8-12,14,20H,3,5,7,13,15-16H2,1-2H3,(H,24,25);1H. The number of rotatable bonds is 10. The lowest BCUT2D eigenvalue weighted by molar-refractivity contribution is -0.0498. The number of halogens is 3. The van der Waals surface area contributed by atoms with Gasteiger partial charge in [0.15, 0.2) is 5.96 Å². The first-order chi connectivity index (χ1) is 14.0. The summed E-state index contributed by atoms with van der Waals surface area (Å²) in [6, 6.07) is 11.7. The summed E-state index contributed by atoms with van der Waals surface area (Å²) in [5, 5.41) is 3.25. The van der Waals surface area contributed by atoms with Gasteiger partial charge in [-0.1, -0.05) is 18.2 Å². The molecule has 0 atom stereocenters. The highest BCUT2D eigenvalue weighted by Gasteiger charge is 2.08. The van der Waals surface area contributed by atoms with Crippen LogP contribution in [0.2, 0.25) is 0 Å². The molecule has 0 bridgehead atoms. The van der Waals surface area contributed by atoms with Crippen molar-refractivity contribution in [3.8, 4) is 5.75 Å². The molecule has 2 rings (SSSR count). The van der Waals surface area contributed by atoms with Gasteiger partial charge in [0, 0.05) is 45.5 Å². The molecule has 0 spiro atoms. The van der Waals surface area contributed by atoms with Gasteiger partial charge in [-0.15, -0.1) is 24.0 Å². The van der Waals surface area contributed by atoms with Crippen LogP contribution < -0.4 is 15.6 Å². The van der Waals surface area contributed by atoms with E-state index >= 15 is 0 Å². The number of ether oxygens (including phenoxy) is 1. The van der Waals surface area contributed by atoms with Gasteiger partial charge in [0.05, 0.1) is 0 Å². The van der Waals surface area contributed by atoms with Gasteiger partial charge in [-0.05, 0) is 43.5 Å². The van der Waals surface area contributed by atoms with Gasteiger partial charge in [0.1, 0.15) is 5.75 Å². The highest BCUT2D eigenvalue weighted by Crippen LogP contribution is 2.15. The Balaban J connectivity index is 0.00000450. The maximum absolute atomic E-state index is 12.2. The Labute approximate surface area is 193 Å². The lowest BCUT2D eigenvalue weighted by Crippen LogP contribution is -2.38. The molecule has 1 aromatic carbocycles. The third-order valence-corrected chi connectivity index (χ3v) is 4.23. The monoisotopic (exact) mass is 534 g/mol. The number of pyridine rings is 1. The first-order valence-electron chi connectivity index (χ1n) is 9.68. The molecule has 1 N–H and O–H groups in total. The van der Waals surface area contributed by atoms with Crippen molar-refractivity contribution in [3.05, 3.63) is 64.6 Å². The van der Waals surface area contributed by atoms with Crippen LogP contribution in [0.15, 0.2) is 58.4 Å². The summed E-state index contributed by atoms with van der Waals surface area (Å²) in [5.74, 6) is 0.918. The van der Waals surface area contributed by atoms with Gasteiger partial charge in [0.25, 0.3) is 0 Å². The second-order valence-corrected chi connectivity index (χ2v) is 6.55. The maximum Gasteiger partial charge on any atom is 0.387 e. The average molecular weight is 534 g/mol. The van der Waals surface area contributed by atoms with Crippen LogP contribution in [0.1, 0.15) is 25.3 Å². The zero-order valence-electron chi connectivity index (χ0n) is 17.3.